The Bertz CT molecular complexity index is 640. The van der Waals surface area contributed by atoms with E-state index < -0.39 is 0 Å². The fourth-order valence-corrected chi connectivity index (χ4v) is 3.83. The van der Waals surface area contributed by atoms with Crippen LogP contribution in [0.25, 0.3) is 0 Å². The Kier molecular flexibility index (Phi) is 4.15. The van der Waals surface area contributed by atoms with E-state index in [0.29, 0.717) is 12.2 Å². The molecule has 2 aromatic heterocycles. The van der Waals surface area contributed by atoms with E-state index in [1.807, 2.05) is 17.9 Å². The fraction of sp³-hybridized carbons (Fsp3) is 0.533. The lowest BCUT2D eigenvalue weighted by atomic mass is 9.94. The van der Waals surface area contributed by atoms with Crippen LogP contribution < -0.4 is 5.32 Å². The van der Waals surface area contributed by atoms with Gasteiger partial charge in [0.1, 0.15) is 0 Å². The number of anilines is 1. The number of rotatable bonds is 4. The van der Waals surface area contributed by atoms with Crippen LogP contribution in [0.2, 0.25) is 0 Å². The second-order valence-electron chi connectivity index (χ2n) is 5.81. The molecule has 3 rings (SSSR count). The largest absolute Gasteiger partial charge is 0.329 e. The van der Waals surface area contributed by atoms with Crippen LogP contribution in [0.4, 0.5) is 10.8 Å². The third-order valence-corrected chi connectivity index (χ3v) is 5.00. The minimum Gasteiger partial charge on any atom is -0.319 e. The number of carbonyl (C=O) groups is 1. The molecule has 22 heavy (non-hydrogen) atoms. The van der Waals surface area contributed by atoms with Crippen molar-refractivity contribution < 1.29 is 9.32 Å². The fourth-order valence-electron chi connectivity index (χ4n) is 2.95. The Hall–Kier alpha value is -1.89. The van der Waals surface area contributed by atoms with E-state index in [2.05, 4.69) is 33.8 Å². The van der Waals surface area contributed by atoms with Crippen molar-refractivity contribution in [3.05, 3.63) is 28.2 Å². The third kappa shape index (κ3) is 2.99. The first-order valence-electron chi connectivity index (χ1n) is 7.54. The van der Waals surface area contributed by atoms with Gasteiger partial charge in [-0.25, -0.2) is 4.79 Å². The van der Waals surface area contributed by atoms with Crippen LogP contribution in [-0.4, -0.2) is 33.2 Å². The first kappa shape index (κ1) is 15.0. The molecule has 2 aromatic rings. The summed E-state index contributed by atoms with van der Waals surface area (Å²) in [6, 6.07) is 4.18. The standard InChI is InChI=1S/C15H20N4O2S/c1-3-12-16-13(21-18-12)17-14(20)19-8-5-7-15(19,2)10-11-6-4-9-22-11/h4,6,9H,3,5,7-8,10H2,1-2H3,(H,16,17,18,20). The van der Waals surface area contributed by atoms with Gasteiger partial charge in [-0.05, 0) is 31.2 Å². The Morgan fingerprint density at radius 2 is 2.45 bits per heavy atom. The van der Waals surface area contributed by atoms with Crippen molar-refractivity contribution in [3.63, 3.8) is 0 Å². The average Bonchev–Trinajstić information content (AvgIpc) is 3.20. The highest BCUT2D eigenvalue weighted by Gasteiger charge is 2.40. The Morgan fingerprint density at radius 3 is 3.14 bits per heavy atom. The normalized spacial score (nSPS) is 21.3. The molecule has 0 aromatic carbocycles. The monoisotopic (exact) mass is 320 g/mol. The van der Waals surface area contributed by atoms with E-state index in [4.69, 9.17) is 4.52 Å². The number of hydrogen-bond donors (Lipinski definition) is 1. The molecule has 1 atom stereocenters. The van der Waals surface area contributed by atoms with Gasteiger partial charge in [0.05, 0.1) is 0 Å². The van der Waals surface area contributed by atoms with Crippen molar-refractivity contribution in [2.45, 2.75) is 45.1 Å². The number of urea groups is 1. The van der Waals surface area contributed by atoms with Gasteiger partial charge in [-0.3, -0.25) is 5.32 Å². The maximum atomic E-state index is 12.5. The highest BCUT2D eigenvalue weighted by Crippen LogP contribution is 2.33. The number of thiophene rings is 1. The lowest BCUT2D eigenvalue weighted by Crippen LogP contribution is -2.48. The number of aromatic nitrogens is 2. The first-order chi connectivity index (χ1) is 10.6. The highest BCUT2D eigenvalue weighted by molar-refractivity contribution is 7.09. The number of nitrogens with zero attached hydrogens (tertiary/aromatic N) is 3. The number of likely N-dealkylation sites (tertiary alicyclic amines) is 1. The zero-order valence-electron chi connectivity index (χ0n) is 12.8. The van der Waals surface area contributed by atoms with Crippen molar-refractivity contribution >= 4 is 23.4 Å². The van der Waals surface area contributed by atoms with Gasteiger partial charge in [0.15, 0.2) is 5.82 Å². The minimum absolute atomic E-state index is 0.164. The average molecular weight is 320 g/mol. The summed E-state index contributed by atoms with van der Waals surface area (Å²) in [6.07, 6.45) is 3.57. The maximum absolute atomic E-state index is 12.5. The number of carbonyl (C=O) groups excluding carboxylic acids is 1. The van der Waals surface area contributed by atoms with Crippen molar-refractivity contribution in [1.82, 2.24) is 15.0 Å². The van der Waals surface area contributed by atoms with Gasteiger partial charge >= 0.3 is 12.0 Å². The summed E-state index contributed by atoms with van der Waals surface area (Å²) in [7, 11) is 0. The molecule has 0 saturated carbocycles. The van der Waals surface area contributed by atoms with Crippen molar-refractivity contribution in [3.8, 4) is 0 Å². The van der Waals surface area contributed by atoms with Crippen LogP contribution in [0.5, 0.6) is 0 Å². The summed E-state index contributed by atoms with van der Waals surface area (Å²) in [5.74, 6) is 0.595. The van der Waals surface area contributed by atoms with E-state index in [9.17, 15) is 4.79 Å². The van der Waals surface area contributed by atoms with E-state index >= 15 is 0 Å². The molecule has 1 saturated heterocycles. The topological polar surface area (TPSA) is 71.3 Å². The molecule has 1 aliphatic rings. The molecule has 1 unspecified atom stereocenters. The zero-order valence-corrected chi connectivity index (χ0v) is 13.7. The third-order valence-electron chi connectivity index (χ3n) is 4.13. The van der Waals surface area contributed by atoms with Gasteiger partial charge < -0.3 is 9.42 Å². The lowest BCUT2D eigenvalue weighted by Gasteiger charge is -2.34. The lowest BCUT2D eigenvalue weighted by molar-refractivity contribution is 0.167. The van der Waals surface area contributed by atoms with Gasteiger partial charge in [0, 0.05) is 29.8 Å². The summed E-state index contributed by atoms with van der Waals surface area (Å²) >= 11 is 1.73. The summed E-state index contributed by atoms with van der Waals surface area (Å²) < 4.78 is 5.04. The highest BCUT2D eigenvalue weighted by atomic mass is 32.1. The molecule has 6 nitrogen and oxygen atoms in total. The van der Waals surface area contributed by atoms with E-state index in [0.717, 1.165) is 25.8 Å². The molecule has 0 bridgehead atoms. The summed E-state index contributed by atoms with van der Waals surface area (Å²) in [5.41, 5.74) is -0.164. The van der Waals surface area contributed by atoms with Crippen LogP contribution in [0.3, 0.4) is 0 Å². The summed E-state index contributed by atoms with van der Waals surface area (Å²) in [6.45, 7) is 4.84. The zero-order chi connectivity index (χ0) is 15.6. The quantitative estimate of drug-likeness (QED) is 0.938. The van der Waals surface area contributed by atoms with Gasteiger partial charge in [-0.2, -0.15) is 4.98 Å². The molecular formula is C15H20N4O2S. The van der Waals surface area contributed by atoms with Crippen LogP contribution in [0.1, 0.15) is 37.4 Å². The molecule has 1 N–H and O–H groups in total. The number of amides is 2. The molecule has 0 radical (unpaired) electrons. The molecule has 1 fully saturated rings. The smallest absolute Gasteiger partial charge is 0.319 e. The van der Waals surface area contributed by atoms with Crippen LogP contribution >= 0.6 is 11.3 Å². The second kappa shape index (κ2) is 6.08. The Morgan fingerprint density at radius 1 is 1.59 bits per heavy atom. The van der Waals surface area contributed by atoms with Crippen LogP contribution in [0.15, 0.2) is 22.0 Å². The summed E-state index contributed by atoms with van der Waals surface area (Å²) in [4.78, 5) is 19.9. The predicted molar refractivity (Wildman–Crippen MR) is 85.1 cm³/mol. The van der Waals surface area contributed by atoms with Gasteiger partial charge in [-0.1, -0.05) is 18.1 Å². The van der Waals surface area contributed by atoms with Gasteiger partial charge in [0.2, 0.25) is 0 Å². The van der Waals surface area contributed by atoms with Crippen molar-refractivity contribution in [2.75, 3.05) is 11.9 Å². The second-order valence-corrected chi connectivity index (χ2v) is 6.84. The summed E-state index contributed by atoms with van der Waals surface area (Å²) in [5, 5.41) is 8.59. The number of hydrogen-bond acceptors (Lipinski definition) is 5. The maximum Gasteiger partial charge on any atom is 0.329 e. The molecule has 7 heteroatoms. The Balaban J connectivity index is 1.70. The van der Waals surface area contributed by atoms with Crippen molar-refractivity contribution in [1.29, 1.82) is 0 Å². The SMILES string of the molecule is CCc1noc(NC(=O)N2CCCC2(C)Cc2cccs2)n1. The number of nitrogens with one attached hydrogen (secondary N) is 1. The van der Waals surface area contributed by atoms with E-state index in [1.54, 1.807) is 11.3 Å². The Labute approximate surface area is 133 Å². The van der Waals surface area contributed by atoms with Crippen LogP contribution in [-0.2, 0) is 12.8 Å². The molecule has 2 amide bonds. The number of aryl methyl sites for hydroxylation is 1. The van der Waals surface area contributed by atoms with E-state index in [-0.39, 0.29) is 17.6 Å². The minimum atomic E-state index is -0.164. The van der Waals surface area contributed by atoms with Crippen LogP contribution in [0, 0.1) is 0 Å². The molecule has 0 spiro atoms. The molecule has 0 aliphatic carbocycles. The van der Waals surface area contributed by atoms with Gasteiger partial charge in [0.25, 0.3) is 0 Å². The predicted octanol–water partition coefficient (Wildman–Crippen LogP) is 3.32. The molecule has 1 aliphatic heterocycles. The molecular weight excluding hydrogens is 300 g/mol. The first-order valence-corrected chi connectivity index (χ1v) is 8.42. The van der Waals surface area contributed by atoms with E-state index in [1.165, 1.54) is 4.88 Å². The van der Waals surface area contributed by atoms with Gasteiger partial charge in [-0.15, -0.1) is 11.3 Å². The molecule has 3 heterocycles. The van der Waals surface area contributed by atoms with Crippen molar-refractivity contribution in [2.24, 2.45) is 0 Å². The molecule has 118 valence electrons.